The Morgan fingerprint density at radius 2 is 2.07 bits per heavy atom. The number of ether oxygens (including phenoxy) is 1. The van der Waals surface area contributed by atoms with Crippen molar-refractivity contribution in [3.63, 3.8) is 0 Å². The van der Waals surface area contributed by atoms with Crippen LogP contribution in [0, 0.1) is 0 Å². The highest BCUT2D eigenvalue weighted by molar-refractivity contribution is 7.98. The van der Waals surface area contributed by atoms with E-state index in [0.717, 1.165) is 30.9 Å². The van der Waals surface area contributed by atoms with Gasteiger partial charge >= 0.3 is 0 Å². The average Bonchev–Trinajstić information content (AvgIpc) is 3.22. The lowest BCUT2D eigenvalue weighted by molar-refractivity contribution is 0.344. The minimum Gasteiger partial charge on any atom is -0.493 e. The van der Waals surface area contributed by atoms with E-state index in [4.69, 9.17) is 9.15 Å². The standard InChI is InChI=1S/C23H29N3O2S/c1-26(2)16-10-9-15-23(13-7-4-8-14-23)22-25-24-21(28-22)19-29-18-17-27-20-11-5-3-6-12-20/h3-9,11-13,15H,10,14,16-19H2,1-2H3/b15-9+. The molecule has 29 heavy (non-hydrogen) atoms. The molecular weight excluding hydrogens is 382 g/mol. The fourth-order valence-electron chi connectivity index (χ4n) is 3.01. The third kappa shape index (κ3) is 6.61. The third-order valence-electron chi connectivity index (χ3n) is 4.58. The van der Waals surface area contributed by atoms with Gasteiger partial charge in [-0.15, -0.1) is 22.0 Å². The molecule has 3 rings (SSSR count). The Bertz CT molecular complexity index is 830. The summed E-state index contributed by atoms with van der Waals surface area (Å²) < 4.78 is 11.8. The van der Waals surface area contributed by atoms with Crippen LogP contribution >= 0.6 is 11.8 Å². The van der Waals surface area contributed by atoms with E-state index < -0.39 is 0 Å². The van der Waals surface area contributed by atoms with E-state index in [9.17, 15) is 0 Å². The van der Waals surface area contributed by atoms with Crippen LogP contribution in [0.3, 0.4) is 0 Å². The van der Waals surface area contributed by atoms with Gasteiger partial charge in [0, 0.05) is 12.3 Å². The molecule has 0 aliphatic heterocycles. The van der Waals surface area contributed by atoms with Gasteiger partial charge in [-0.3, -0.25) is 0 Å². The molecule has 1 unspecified atom stereocenters. The summed E-state index contributed by atoms with van der Waals surface area (Å²) in [6.45, 7) is 1.67. The van der Waals surface area contributed by atoms with Crippen LogP contribution in [0.4, 0.5) is 0 Å². The second kappa shape index (κ2) is 11.0. The van der Waals surface area contributed by atoms with Crippen molar-refractivity contribution < 1.29 is 9.15 Å². The van der Waals surface area contributed by atoms with Crippen LogP contribution in [0.1, 0.15) is 24.6 Å². The number of thioether (sulfide) groups is 1. The number of para-hydroxylation sites is 1. The number of nitrogens with zero attached hydrogens (tertiary/aromatic N) is 3. The van der Waals surface area contributed by atoms with Crippen LogP contribution in [0.25, 0.3) is 0 Å². The molecule has 0 saturated carbocycles. The maximum atomic E-state index is 6.04. The normalized spacial score (nSPS) is 18.7. The number of hydrogen-bond acceptors (Lipinski definition) is 6. The van der Waals surface area contributed by atoms with Crippen molar-refractivity contribution in [3.8, 4) is 5.75 Å². The minimum atomic E-state index is -0.340. The SMILES string of the molecule is CN(C)CC/C=C/C1(c2nnc(CSCCOc3ccccc3)o2)C=CC=CC1. The molecule has 1 aromatic carbocycles. The summed E-state index contributed by atoms with van der Waals surface area (Å²) in [5.41, 5.74) is -0.340. The van der Waals surface area contributed by atoms with Crippen molar-refractivity contribution in [2.24, 2.45) is 0 Å². The molecule has 0 saturated heterocycles. The molecule has 5 nitrogen and oxygen atoms in total. The van der Waals surface area contributed by atoms with Gasteiger partial charge in [0.2, 0.25) is 11.8 Å². The van der Waals surface area contributed by atoms with Gasteiger partial charge in [0.1, 0.15) is 5.75 Å². The maximum absolute atomic E-state index is 6.04. The first-order valence-corrected chi connectivity index (χ1v) is 11.1. The Hall–Kier alpha value is -2.31. The highest BCUT2D eigenvalue weighted by Gasteiger charge is 2.32. The predicted molar refractivity (Wildman–Crippen MR) is 119 cm³/mol. The molecule has 0 amide bonds. The van der Waals surface area contributed by atoms with Gasteiger partial charge in [0.15, 0.2) is 0 Å². The lowest BCUT2D eigenvalue weighted by atomic mass is 9.81. The number of benzene rings is 1. The molecule has 0 fully saturated rings. The first kappa shape index (κ1) is 21.4. The van der Waals surface area contributed by atoms with Gasteiger partial charge in [-0.25, -0.2) is 0 Å². The van der Waals surface area contributed by atoms with Crippen molar-refractivity contribution in [1.29, 1.82) is 0 Å². The van der Waals surface area contributed by atoms with Gasteiger partial charge in [-0.05, 0) is 39.1 Å². The number of rotatable bonds is 11. The van der Waals surface area contributed by atoms with Crippen LogP contribution in [-0.4, -0.2) is 48.1 Å². The van der Waals surface area contributed by atoms with Gasteiger partial charge < -0.3 is 14.1 Å². The summed E-state index contributed by atoms with van der Waals surface area (Å²) >= 11 is 1.73. The van der Waals surface area contributed by atoms with Crippen LogP contribution in [0.2, 0.25) is 0 Å². The van der Waals surface area contributed by atoms with Crippen LogP contribution in [0.5, 0.6) is 5.75 Å². The molecular formula is C23H29N3O2S. The smallest absolute Gasteiger partial charge is 0.230 e. The Kier molecular flexibility index (Phi) is 8.14. The van der Waals surface area contributed by atoms with Crippen molar-refractivity contribution in [2.75, 3.05) is 33.0 Å². The molecule has 0 N–H and O–H groups in total. The predicted octanol–water partition coefficient (Wildman–Crippen LogP) is 4.64. The van der Waals surface area contributed by atoms with Gasteiger partial charge in [0.25, 0.3) is 0 Å². The minimum absolute atomic E-state index is 0.340. The summed E-state index contributed by atoms with van der Waals surface area (Å²) in [5.74, 6) is 3.77. The zero-order chi connectivity index (χ0) is 20.4. The molecule has 6 heteroatoms. The highest BCUT2D eigenvalue weighted by Crippen LogP contribution is 2.34. The Balaban J connectivity index is 1.52. The monoisotopic (exact) mass is 411 g/mol. The van der Waals surface area contributed by atoms with E-state index in [0.29, 0.717) is 24.1 Å². The number of hydrogen-bond donors (Lipinski definition) is 0. The van der Waals surface area contributed by atoms with Crippen LogP contribution < -0.4 is 4.74 Å². The number of aromatic nitrogens is 2. The molecule has 0 spiro atoms. The fourth-order valence-corrected chi connectivity index (χ4v) is 3.65. The zero-order valence-electron chi connectivity index (χ0n) is 17.2. The molecule has 0 bridgehead atoms. The summed E-state index contributed by atoms with van der Waals surface area (Å²) in [6.07, 6.45) is 14.7. The quantitative estimate of drug-likeness (QED) is 0.396. The van der Waals surface area contributed by atoms with Crippen molar-refractivity contribution >= 4 is 11.8 Å². The van der Waals surface area contributed by atoms with E-state index in [-0.39, 0.29) is 5.41 Å². The first-order chi connectivity index (χ1) is 14.2. The van der Waals surface area contributed by atoms with E-state index in [1.54, 1.807) is 11.8 Å². The number of allylic oxidation sites excluding steroid dienone is 5. The zero-order valence-corrected chi connectivity index (χ0v) is 18.0. The Labute approximate surface area is 177 Å². The molecule has 1 aliphatic rings. The second-order valence-corrected chi connectivity index (χ2v) is 8.35. The third-order valence-corrected chi connectivity index (χ3v) is 5.49. The fraction of sp³-hybridized carbons (Fsp3) is 0.391. The van der Waals surface area contributed by atoms with Crippen molar-refractivity contribution in [2.45, 2.75) is 24.0 Å². The van der Waals surface area contributed by atoms with Gasteiger partial charge in [-0.1, -0.05) is 54.7 Å². The lowest BCUT2D eigenvalue weighted by Crippen LogP contribution is -2.22. The van der Waals surface area contributed by atoms with E-state index in [2.05, 4.69) is 65.6 Å². The van der Waals surface area contributed by atoms with Crippen molar-refractivity contribution in [3.05, 3.63) is 78.6 Å². The van der Waals surface area contributed by atoms with E-state index >= 15 is 0 Å². The van der Waals surface area contributed by atoms with Gasteiger partial charge in [-0.2, -0.15) is 0 Å². The van der Waals surface area contributed by atoms with Gasteiger partial charge in [0.05, 0.1) is 17.8 Å². The molecule has 1 aliphatic carbocycles. The molecule has 1 aromatic heterocycles. The van der Waals surface area contributed by atoms with Crippen LogP contribution in [0.15, 0.2) is 71.2 Å². The average molecular weight is 412 g/mol. The molecule has 0 radical (unpaired) electrons. The van der Waals surface area contributed by atoms with E-state index in [1.165, 1.54) is 0 Å². The Morgan fingerprint density at radius 1 is 1.21 bits per heavy atom. The second-order valence-electron chi connectivity index (χ2n) is 7.24. The van der Waals surface area contributed by atoms with Crippen molar-refractivity contribution in [1.82, 2.24) is 15.1 Å². The summed E-state index contributed by atoms with van der Waals surface area (Å²) in [4.78, 5) is 2.18. The summed E-state index contributed by atoms with van der Waals surface area (Å²) in [6, 6.07) is 9.86. The van der Waals surface area contributed by atoms with E-state index in [1.807, 2.05) is 30.3 Å². The Morgan fingerprint density at radius 3 is 2.83 bits per heavy atom. The summed E-state index contributed by atoms with van der Waals surface area (Å²) in [5, 5.41) is 8.63. The molecule has 1 atom stereocenters. The topological polar surface area (TPSA) is 51.4 Å². The molecule has 154 valence electrons. The molecule has 1 heterocycles. The molecule has 2 aromatic rings. The van der Waals surface area contributed by atoms with Crippen LogP contribution in [-0.2, 0) is 11.2 Å². The first-order valence-electron chi connectivity index (χ1n) is 9.93. The largest absolute Gasteiger partial charge is 0.493 e. The maximum Gasteiger partial charge on any atom is 0.230 e. The highest BCUT2D eigenvalue weighted by atomic mass is 32.2. The lowest BCUT2D eigenvalue weighted by Gasteiger charge is -2.23. The summed E-state index contributed by atoms with van der Waals surface area (Å²) in [7, 11) is 4.17.